The third-order valence-electron chi connectivity index (χ3n) is 2.40. The molecule has 0 saturated carbocycles. The highest BCUT2D eigenvalue weighted by Gasteiger charge is 2.21. The van der Waals surface area contributed by atoms with Crippen LogP contribution in [0.4, 0.5) is 10.5 Å². The van der Waals surface area contributed by atoms with Gasteiger partial charge in [0.25, 0.3) is 0 Å². The summed E-state index contributed by atoms with van der Waals surface area (Å²) in [6.45, 7) is 3.19. The molecule has 0 aliphatic heterocycles. The van der Waals surface area contributed by atoms with E-state index < -0.39 is 18.0 Å². The van der Waals surface area contributed by atoms with Gasteiger partial charge in [-0.05, 0) is 26.0 Å². The first-order valence-electron chi connectivity index (χ1n) is 5.75. The third kappa shape index (κ3) is 5.20. The van der Waals surface area contributed by atoms with Crippen molar-refractivity contribution in [3.05, 3.63) is 29.8 Å². The zero-order valence-corrected chi connectivity index (χ0v) is 10.8. The number of anilines is 1. The fourth-order valence-electron chi connectivity index (χ4n) is 1.45. The number of hydrogen-bond donors (Lipinski definition) is 3. The summed E-state index contributed by atoms with van der Waals surface area (Å²) in [5.41, 5.74) is 1.60. The van der Waals surface area contributed by atoms with Crippen molar-refractivity contribution in [1.82, 2.24) is 5.32 Å². The quantitative estimate of drug-likeness (QED) is 0.751. The molecule has 1 aromatic rings. The summed E-state index contributed by atoms with van der Waals surface area (Å²) in [5.74, 6) is -1.54. The van der Waals surface area contributed by atoms with E-state index in [-0.39, 0.29) is 12.2 Å². The molecule has 0 aliphatic rings. The predicted octanol–water partition coefficient (Wildman–Crippen LogP) is 1.55. The fraction of sp³-hybridized carbons (Fsp3) is 0.308. The van der Waals surface area contributed by atoms with Gasteiger partial charge in [0, 0.05) is 12.1 Å². The van der Waals surface area contributed by atoms with Gasteiger partial charge in [-0.15, -0.1) is 0 Å². The number of rotatable bonds is 5. The highest BCUT2D eigenvalue weighted by Crippen LogP contribution is 2.08. The second-order valence-corrected chi connectivity index (χ2v) is 4.26. The number of nitrogens with one attached hydrogen (secondary N) is 2. The first-order chi connectivity index (χ1) is 8.88. The van der Waals surface area contributed by atoms with Crippen LogP contribution in [-0.4, -0.2) is 28.9 Å². The van der Waals surface area contributed by atoms with Crippen LogP contribution in [0.1, 0.15) is 18.9 Å². The fourth-order valence-corrected chi connectivity index (χ4v) is 1.45. The Labute approximate surface area is 110 Å². The molecule has 6 heteroatoms. The molecule has 0 spiro atoms. The van der Waals surface area contributed by atoms with E-state index >= 15 is 0 Å². The molecule has 102 valence electrons. The summed E-state index contributed by atoms with van der Waals surface area (Å²) in [6, 6.07) is 5.17. The number of Topliss-reactive ketones (excluding diaryl/α,β-unsaturated/α-hetero) is 1. The van der Waals surface area contributed by atoms with E-state index in [1.165, 1.54) is 6.92 Å². The zero-order valence-electron chi connectivity index (χ0n) is 10.8. The minimum Gasteiger partial charge on any atom is -0.480 e. The molecule has 1 rings (SSSR count). The normalized spacial score (nSPS) is 11.5. The van der Waals surface area contributed by atoms with Crippen LogP contribution in [0.3, 0.4) is 0 Å². The number of carbonyl (C=O) groups is 3. The average Bonchev–Trinajstić information content (AvgIpc) is 2.30. The van der Waals surface area contributed by atoms with Gasteiger partial charge in [-0.3, -0.25) is 4.79 Å². The van der Waals surface area contributed by atoms with Crippen LogP contribution >= 0.6 is 0 Å². The Morgan fingerprint density at radius 1 is 1.21 bits per heavy atom. The zero-order chi connectivity index (χ0) is 14.4. The maximum absolute atomic E-state index is 11.6. The molecule has 0 fully saturated rings. The number of carbonyl (C=O) groups excluding carboxylic acids is 2. The van der Waals surface area contributed by atoms with Gasteiger partial charge < -0.3 is 15.7 Å². The van der Waals surface area contributed by atoms with Crippen LogP contribution in [0.5, 0.6) is 0 Å². The highest BCUT2D eigenvalue weighted by atomic mass is 16.4. The lowest BCUT2D eigenvalue weighted by atomic mass is 10.1. The second-order valence-electron chi connectivity index (χ2n) is 4.26. The van der Waals surface area contributed by atoms with Crippen molar-refractivity contribution in [2.24, 2.45) is 0 Å². The van der Waals surface area contributed by atoms with Gasteiger partial charge in [0.1, 0.15) is 11.8 Å². The van der Waals surface area contributed by atoms with Gasteiger partial charge in [-0.25, -0.2) is 9.59 Å². The van der Waals surface area contributed by atoms with E-state index in [1.54, 1.807) is 12.1 Å². The van der Waals surface area contributed by atoms with Gasteiger partial charge in [-0.1, -0.05) is 17.7 Å². The Morgan fingerprint density at radius 2 is 1.79 bits per heavy atom. The molecule has 0 saturated heterocycles. The maximum atomic E-state index is 11.6. The summed E-state index contributed by atoms with van der Waals surface area (Å²) in [5, 5.41) is 13.6. The number of aryl methyl sites for hydroxylation is 1. The molecule has 6 nitrogen and oxygen atoms in total. The van der Waals surface area contributed by atoms with E-state index in [0.717, 1.165) is 5.56 Å². The molecule has 0 aromatic heterocycles. The molecular weight excluding hydrogens is 248 g/mol. The Morgan fingerprint density at radius 3 is 2.26 bits per heavy atom. The van der Waals surface area contributed by atoms with Gasteiger partial charge >= 0.3 is 12.0 Å². The van der Waals surface area contributed by atoms with Crippen LogP contribution in [0.2, 0.25) is 0 Å². The minimum absolute atomic E-state index is 0.239. The lowest BCUT2D eigenvalue weighted by Crippen LogP contribution is -2.44. The van der Waals surface area contributed by atoms with Crippen molar-refractivity contribution in [1.29, 1.82) is 0 Å². The molecule has 0 heterocycles. The first kappa shape index (κ1) is 14.7. The average molecular weight is 264 g/mol. The molecule has 3 N–H and O–H groups in total. The van der Waals surface area contributed by atoms with E-state index in [1.807, 2.05) is 19.1 Å². The largest absolute Gasteiger partial charge is 0.480 e. The van der Waals surface area contributed by atoms with Crippen molar-refractivity contribution >= 4 is 23.5 Å². The van der Waals surface area contributed by atoms with Crippen molar-refractivity contribution in [2.45, 2.75) is 26.3 Å². The van der Waals surface area contributed by atoms with E-state index in [0.29, 0.717) is 5.69 Å². The number of urea groups is 1. The monoisotopic (exact) mass is 264 g/mol. The number of benzene rings is 1. The number of aliphatic carboxylic acids is 1. The third-order valence-corrected chi connectivity index (χ3v) is 2.40. The Hall–Kier alpha value is -2.37. The van der Waals surface area contributed by atoms with Gasteiger partial charge in [0.2, 0.25) is 0 Å². The molecule has 0 radical (unpaired) electrons. The van der Waals surface area contributed by atoms with Crippen LogP contribution in [-0.2, 0) is 9.59 Å². The van der Waals surface area contributed by atoms with Crippen molar-refractivity contribution in [2.75, 3.05) is 5.32 Å². The number of ketones is 1. The van der Waals surface area contributed by atoms with Crippen LogP contribution in [0, 0.1) is 6.92 Å². The summed E-state index contributed by atoms with van der Waals surface area (Å²) >= 11 is 0. The summed E-state index contributed by atoms with van der Waals surface area (Å²) in [4.78, 5) is 33.4. The highest BCUT2D eigenvalue weighted by molar-refractivity contribution is 5.93. The first-order valence-corrected chi connectivity index (χ1v) is 5.75. The number of amides is 2. The molecule has 1 unspecified atom stereocenters. The summed E-state index contributed by atoms with van der Waals surface area (Å²) in [7, 11) is 0. The Bertz CT molecular complexity index is 482. The lowest BCUT2D eigenvalue weighted by molar-refractivity contribution is -0.140. The van der Waals surface area contributed by atoms with E-state index in [4.69, 9.17) is 5.11 Å². The topological polar surface area (TPSA) is 95.5 Å². The van der Waals surface area contributed by atoms with Crippen molar-refractivity contribution in [3.8, 4) is 0 Å². The van der Waals surface area contributed by atoms with Gasteiger partial charge in [-0.2, -0.15) is 0 Å². The Kier molecular flexibility index (Phi) is 5.05. The van der Waals surface area contributed by atoms with Crippen molar-refractivity contribution in [3.63, 3.8) is 0 Å². The summed E-state index contributed by atoms with van der Waals surface area (Å²) in [6.07, 6.45) is -0.239. The predicted molar refractivity (Wildman–Crippen MR) is 70.1 cm³/mol. The smallest absolute Gasteiger partial charge is 0.326 e. The molecule has 0 bridgehead atoms. The van der Waals surface area contributed by atoms with Crippen LogP contribution in [0.25, 0.3) is 0 Å². The van der Waals surface area contributed by atoms with Crippen LogP contribution in [0.15, 0.2) is 24.3 Å². The van der Waals surface area contributed by atoms with E-state index in [2.05, 4.69) is 10.6 Å². The molecule has 2 amide bonds. The SMILES string of the molecule is CC(=O)CC(NC(=O)Nc1ccc(C)cc1)C(=O)O. The van der Waals surface area contributed by atoms with Crippen molar-refractivity contribution < 1.29 is 19.5 Å². The number of hydrogen-bond acceptors (Lipinski definition) is 3. The van der Waals surface area contributed by atoms with Gasteiger partial charge in [0.05, 0.1) is 0 Å². The van der Waals surface area contributed by atoms with Crippen LogP contribution < -0.4 is 10.6 Å². The number of carboxylic acids is 1. The van der Waals surface area contributed by atoms with Gasteiger partial charge in [0.15, 0.2) is 0 Å². The number of carboxylic acid groups (broad SMARTS) is 1. The molecular formula is C13H16N2O4. The molecule has 19 heavy (non-hydrogen) atoms. The maximum Gasteiger partial charge on any atom is 0.326 e. The Balaban J connectivity index is 2.59. The molecule has 1 aromatic carbocycles. The molecule has 0 aliphatic carbocycles. The van der Waals surface area contributed by atoms with E-state index in [9.17, 15) is 14.4 Å². The molecule has 1 atom stereocenters. The lowest BCUT2D eigenvalue weighted by Gasteiger charge is -2.13. The standard InChI is InChI=1S/C13H16N2O4/c1-8-3-5-10(6-4-8)14-13(19)15-11(12(17)18)7-9(2)16/h3-6,11H,7H2,1-2H3,(H,17,18)(H2,14,15,19). The minimum atomic E-state index is -1.24. The second kappa shape index (κ2) is 6.53. The summed E-state index contributed by atoms with van der Waals surface area (Å²) < 4.78 is 0.